The number of benzene rings is 1. The summed E-state index contributed by atoms with van der Waals surface area (Å²) < 4.78 is 16.7. The van der Waals surface area contributed by atoms with Crippen molar-refractivity contribution in [3.63, 3.8) is 0 Å². The van der Waals surface area contributed by atoms with Crippen molar-refractivity contribution in [3.8, 4) is 5.75 Å². The zero-order chi connectivity index (χ0) is 8.27. The molecule has 76 valence electrons. The van der Waals surface area contributed by atoms with Gasteiger partial charge in [-0.05, 0) is 24.3 Å². The van der Waals surface area contributed by atoms with Crippen LogP contribution < -0.4 is 4.65 Å². The third-order valence-electron chi connectivity index (χ3n) is 1.06. The first-order valence-corrected chi connectivity index (χ1v) is 2.97. The van der Waals surface area contributed by atoms with E-state index in [-0.39, 0.29) is 46.3 Å². The van der Waals surface area contributed by atoms with Crippen LogP contribution in [-0.2, 0) is 0 Å². The van der Waals surface area contributed by atoms with E-state index in [1.807, 2.05) is 0 Å². The van der Waals surface area contributed by atoms with Gasteiger partial charge in [0.15, 0.2) is 0 Å². The van der Waals surface area contributed by atoms with Gasteiger partial charge in [-0.1, -0.05) is 0 Å². The second-order valence-electron chi connectivity index (χ2n) is 1.90. The van der Waals surface area contributed by atoms with Crippen molar-refractivity contribution in [3.05, 3.63) is 30.1 Å². The molecule has 1 aromatic rings. The third-order valence-corrected chi connectivity index (χ3v) is 1.06. The van der Waals surface area contributed by atoms with Gasteiger partial charge in [-0.2, -0.15) is 0 Å². The summed E-state index contributed by atoms with van der Waals surface area (Å²) >= 11 is 0. The number of hydrogen-bond acceptors (Lipinski definition) is 3. The minimum absolute atomic E-state index is 0. The summed E-state index contributed by atoms with van der Waals surface area (Å²) in [5.74, 6) is -0.189. The molecule has 0 amide bonds. The molecule has 0 heterocycles. The third kappa shape index (κ3) is 7.28. The Hall–Kier alpha value is -0.145. The second-order valence-corrected chi connectivity index (χ2v) is 1.90. The fourth-order valence-electron chi connectivity index (χ4n) is 0.635. The van der Waals surface area contributed by atoms with Crippen LogP contribution in [0.5, 0.6) is 5.75 Å². The van der Waals surface area contributed by atoms with Crippen molar-refractivity contribution < 1.29 is 30.0 Å². The molecule has 0 aliphatic rings. The van der Waals surface area contributed by atoms with E-state index in [0.717, 1.165) is 12.1 Å². The van der Waals surface area contributed by atoms with E-state index in [1.165, 1.54) is 12.1 Å². The van der Waals surface area contributed by atoms with Crippen molar-refractivity contribution in [1.82, 2.24) is 0 Å². The molecule has 0 aliphatic heterocycles. The van der Waals surface area contributed by atoms with E-state index in [1.54, 1.807) is 0 Å². The van der Waals surface area contributed by atoms with Crippen LogP contribution in [0, 0.1) is 5.82 Å². The van der Waals surface area contributed by atoms with Gasteiger partial charge in [-0.15, -0.1) is 0 Å². The van der Waals surface area contributed by atoms with Gasteiger partial charge in [0.05, 0.1) is 0 Å². The van der Waals surface area contributed by atoms with E-state index in [2.05, 4.69) is 4.65 Å². The van der Waals surface area contributed by atoms with E-state index >= 15 is 0 Å². The summed E-state index contributed by atoms with van der Waals surface area (Å²) in [6.45, 7) is 0. The van der Waals surface area contributed by atoms with Gasteiger partial charge < -0.3 is 25.7 Å². The van der Waals surface area contributed by atoms with Crippen molar-refractivity contribution in [2.75, 3.05) is 0 Å². The molecule has 5 nitrogen and oxygen atoms in total. The molecule has 1 aromatic carbocycles. The van der Waals surface area contributed by atoms with Crippen LogP contribution in [0.25, 0.3) is 0 Å². The molecule has 0 fully saturated rings. The molecule has 0 saturated carbocycles. The van der Waals surface area contributed by atoms with Crippen LogP contribution in [0.4, 0.5) is 4.39 Å². The number of rotatable bonds is 2. The summed E-state index contributed by atoms with van der Waals surface area (Å²) in [6, 6.07) is 4.93. The maximum absolute atomic E-state index is 12.2. The standard InChI is InChI=1S/C6H6BFO3.Na.2H2O.H/c8-5-1-3-6(4-2-5)11-7(9)10;;;;/h1-4,9-10H;;2*1H2;. The molecule has 0 aliphatic carbocycles. The molecule has 0 spiro atoms. The summed E-state index contributed by atoms with van der Waals surface area (Å²) in [5, 5.41) is 16.6. The van der Waals surface area contributed by atoms with Gasteiger partial charge in [0.25, 0.3) is 0 Å². The normalized spacial score (nSPS) is 7.36. The molecule has 8 heteroatoms. The molecule has 0 atom stereocenters. The van der Waals surface area contributed by atoms with Crippen LogP contribution in [0.1, 0.15) is 0 Å². The Balaban J connectivity index is -0.000000403. The number of halogens is 1. The van der Waals surface area contributed by atoms with Crippen LogP contribution in [0.15, 0.2) is 24.3 Å². The topological polar surface area (TPSA) is 113 Å². The fourth-order valence-corrected chi connectivity index (χ4v) is 0.635. The molecular weight excluding hydrogens is 205 g/mol. The SMILES string of the molecule is O.O.OB(O)Oc1ccc(F)cc1.[NaH]. The van der Waals surface area contributed by atoms with Gasteiger partial charge in [0, 0.05) is 0 Å². The van der Waals surface area contributed by atoms with Crippen molar-refractivity contribution in [2.45, 2.75) is 0 Å². The summed E-state index contributed by atoms with van der Waals surface area (Å²) in [6.07, 6.45) is 0. The van der Waals surface area contributed by atoms with Crippen LogP contribution in [0.2, 0.25) is 0 Å². The first-order chi connectivity index (χ1) is 5.18. The molecule has 14 heavy (non-hydrogen) atoms. The monoisotopic (exact) mass is 216 g/mol. The first kappa shape index (κ1) is 19.4. The summed E-state index contributed by atoms with van der Waals surface area (Å²) in [7, 11) is -1.86. The quantitative estimate of drug-likeness (QED) is 0.550. The van der Waals surface area contributed by atoms with Gasteiger partial charge in [-0.25, -0.2) is 4.39 Å². The van der Waals surface area contributed by atoms with Gasteiger partial charge >= 0.3 is 36.9 Å². The van der Waals surface area contributed by atoms with E-state index in [0.29, 0.717) is 0 Å². The molecular formula is C6H11BFNaO5. The molecule has 6 N–H and O–H groups in total. The van der Waals surface area contributed by atoms with Crippen molar-refractivity contribution >= 4 is 36.9 Å². The van der Waals surface area contributed by atoms with Gasteiger partial charge in [0.1, 0.15) is 11.6 Å². The Labute approximate surface area is 103 Å². The maximum atomic E-state index is 12.2. The van der Waals surface area contributed by atoms with Gasteiger partial charge in [-0.3, -0.25) is 0 Å². The molecule has 0 aromatic heterocycles. The Kier molecular flexibility index (Phi) is 13.1. The molecule has 1 rings (SSSR count). The molecule has 0 unspecified atom stereocenters. The van der Waals surface area contributed by atoms with Crippen molar-refractivity contribution in [1.29, 1.82) is 0 Å². The first-order valence-electron chi connectivity index (χ1n) is 2.97. The van der Waals surface area contributed by atoms with Crippen molar-refractivity contribution in [2.24, 2.45) is 0 Å². The van der Waals surface area contributed by atoms with Gasteiger partial charge in [0.2, 0.25) is 0 Å². The second kappa shape index (κ2) is 9.41. The van der Waals surface area contributed by atoms with E-state index < -0.39 is 13.1 Å². The Bertz CT molecular complexity index is 232. The molecule has 0 saturated heterocycles. The fraction of sp³-hybridized carbons (Fsp3) is 0. The predicted molar refractivity (Wildman–Crippen MR) is 51.6 cm³/mol. The van der Waals surface area contributed by atoms with Crippen LogP contribution in [-0.4, -0.2) is 57.9 Å². The van der Waals surface area contributed by atoms with Crippen LogP contribution in [0.3, 0.4) is 0 Å². The Morgan fingerprint density at radius 3 is 1.86 bits per heavy atom. The van der Waals surface area contributed by atoms with E-state index in [4.69, 9.17) is 10.0 Å². The average molecular weight is 216 g/mol. The predicted octanol–water partition coefficient (Wildman–Crippen LogP) is -2.12. The Morgan fingerprint density at radius 2 is 1.50 bits per heavy atom. The summed E-state index contributed by atoms with van der Waals surface area (Å²) in [5.41, 5.74) is 0. The summed E-state index contributed by atoms with van der Waals surface area (Å²) in [4.78, 5) is 0. The molecule has 0 radical (unpaired) electrons. The number of hydrogen-bond donors (Lipinski definition) is 2. The van der Waals surface area contributed by atoms with E-state index in [9.17, 15) is 4.39 Å². The minimum atomic E-state index is -1.86. The molecule has 0 bridgehead atoms. The zero-order valence-electron chi connectivity index (χ0n) is 6.57. The zero-order valence-corrected chi connectivity index (χ0v) is 6.57. The Morgan fingerprint density at radius 1 is 1.07 bits per heavy atom. The van der Waals surface area contributed by atoms with Crippen LogP contribution >= 0.6 is 0 Å². The average Bonchev–Trinajstić information content (AvgIpc) is 1.93.